The molecule has 0 aliphatic carbocycles. The summed E-state index contributed by atoms with van der Waals surface area (Å²) in [5, 5.41) is 8.49. The highest BCUT2D eigenvalue weighted by Crippen LogP contribution is 2.27. The first-order chi connectivity index (χ1) is 9.70. The molecule has 0 bridgehead atoms. The molecule has 0 radical (unpaired) electrons. The molecule has 0 aliphatic rings. The van der Waals surface area contributed by atoms with Gasteiger partial charge in [0, 0.05) is 5.02 Å². The summed E-state index contributed by atoms with van der Waals surface area (Å²) in [7, 11) is 0. The highest BCUT2D eigenvalue weighted by atomic mass is 35.5. The van der Waals surface area contributed by atoms with E-state index in [1.807, 2.05) is 13.0 Å². The fourth-order valence-corrected chi connectivity index (χ4v) is 2.16. The zero-order valence-electron chi connectivity index (χ0n) is 10.6. The smallest absolute Gasteiger partial charge is 0.172 e. The number of nitrogens with zero attached hydrogens (tertiary/aromatic N) is 3. The molecule has 2 heterocycles. The van der Waals surface area contributed by atoms with E-state index in [1.165, 1.54) is 6.26 Å². The Balaban J connectivity index is 2.27. The van der Waals surface area contributed by atoms with E-state index in [0.29, 0.717) is 22.8 Å². The van der Waals surface area contributed by atoms with Crippen molar-refractivity contribution in [3.63, 3.8) is 0 Å². The molecule has 6 heteroatoms. The number of halogens is 1. The number of carbonyl (C=O) groups excluding carboxylic acids is 1. The Kier molecular flexibility index (Phi) is 3.12. The van der Waals surface area contributed by atoms with Gasteiger partial charge in [0.15, 0.2) is 17.7 Å². The van der Waals surface area contributed by atoms with E-state index in [-0.39, 0.29) is 5.69 Å². The molecule has 3 aromatic rings. The lowest BCUT2D eigenvalue weighted by molar-refractivity contribution is 0.111. The topological polar surface area (TPSA) is 60.9 Å². The van der Waals surface area contributed by atoms with Crippen LogP contribution in [0.2, 0.25) is 5.02 Å². The van der Waals surface area contributed by atoms with Crippen molar-refractivity contribution in [1.82, 2.24) is 15.0 Å². The van der Waals surface area contributed by atoms with Gasteiger partial charge in [0.25, 0.3) is 0 Å². The van der Waals surface area contributed by atoms with Crippen molar-refractivity contribution >= 4 is 17.9 Å². The van der Waals surface area contributed by atoms with Crippen molar-refractivity contribution in [3.05, 3.63) is 52.9 Å². The van der Waals surface area contributed by atoms with E-state index in [4.69, 9.17) is 16.0 Å². The molecule has 0 fully saturated rings. The Hall–Kier alpha value is -2.40. The summed E-state index contributed by atoms with van der Waals surface area (Å²) in [6.07, 6.45) is 2.19. The number of furan rings is 1. The summed E-state index contributed by atoms with van der Waals surface area (Å²) in [4.78, 5) is 11.1. The predicted octanol–water partition coefficient (Wildman–Crippen LogP) is 3.30. The Bertz CT molecular complexity index is 763. The van der Waals surface area contributed by atoms with E-state index in [2.05, 4.69) is 10.3 Å². The van der Waals surface area contributed by atoms with Gasteiger partial charge >= 0.3 is 0 Å². The second-order valence-electron chi connectivity index (χ2n) is 4.26. The average Bonchev–Trinajstić information content (AvgIpc) is 3.08. The minimum absolute atomic E-state index is 0.222. The van der Waals surface area contributed by atoms with Gasteiger partial charge in [-0.3, -0.25) is 4.79 Å². The van der Waals surface area contributed by atoms with Gasteiger partial charge in [0.05, 0.1) is 12.0 Å². The van der Waals surface area contributed by atoms with Crippen LogP contribution in [0.4, 0.5) is 0 Å². The Morgan fingerprint density at radius 2 is 2.20 bits per heavy atom. The predicted molar refractivity (Wildman–Crippen MR) is 74.2 cm³/mol. The number of hydrogen-bond acceptors (Lipinski definition) is 4. The number of aldehydes is 1. The van der Waals surface area contributed by atoms with Crippen molar-refractivity contribution in [2.75, 3.05) is 0 Å². The summed E-state index contributed by atoms with van der Waals surface area (Å²) in [6, 6.07) is 8.94. The molecule has 0 saturated carbocycles. The van der Waals surface area contributed by atoms with Crippen LogP contribution in [0.5, 0.6) is 0 Å². The molecule has 0 saturated heterocycles. The highest BCUT2D eigenvalue weighted by molar-refractivity contribution is 6.30. The molecule has 0 spiro atoms. The van der Waals surface area contributed by atoms with Gasteiger partial charge in [-0.2, -0.15) is 0 Å². The highest BCUT2D eigenvalue weighted by Gasteiger charge is 2.19. The van der Waals surface area contributed by atoms with Crippen LogP contribution in [0.15, 0.2) is 41.0 Å². The SMILES string of the molecule is Cc1ccc(Cl)cc1-n1nnc(C=O)c1-c1ccco1. The number of carbonyl (C=O) groups is 1. The van der Waals surface area contributed by atoms with E-state index < -0.39 is 0 Å². The van der Waals surface area contributed by atoms with Gasteiger partial charge in [0.2, 0.25) is 0 Å². The monoisotopic (exact) mass is 287 g/mol. The zero-order valence-corrected chi connectivity index (χ0v) is 11.3. The van der Waals surface area contributed by atoms with Crippen molar-refractivity contribution < 1.29 is 9.21 Å². The van der Waals surface area contributed by atoms with Crippen LogP contribution in [0.25, 0.3) is 17.1 Å². The number of aryl methyl sites for hydroxylation is 1. The lowest BCUT2D eigenvalue weighted by atomic mass is 10.2. The van der Waals surface area contributed by atoms with Crippen molar-refractivity contribution in [3.8, 4) is 17.1 Å². The van der Waals surface area contributed by atoms with Crippen molar-refractivity contribution in [1.29, 1.82) is 0 Å². The molecule has 0 atom stereocenters. The fourth-order valence-electron chi connectivity index (χ4n) is 2.00. The summed E-state index contributed by atoms with van der Waals surface area (Å²) < 4.78 is 6.92. The van der Waals surface area contributed by atoms with Gasteiger partial charge in [-0.1, -0.05) is 22.9 Å². The number of hydrogen-bond donors (Lipinski definition) is 0. The van der Waals surface area contributed by atoms with Crippen LogP contribution >= 0.6 is 11.6 Å². The molecule has 100 valence electrons. The third-order valence-corrected chi connectivity index (χ3v) is 3.20. The van der Waals surface area contributed by atoms with Gasteiger partial charge in [0.1, 0.15) is 5.69 Å². The van der Waals surface area contributed by atoms with Gasteiger partial charge in [-0.15, -0.1) is 5.10 Å². The standard InChI is InChI=1S/C14H10ClN3O2/c1-9-4-5-10(15)7-12(9)18-14(11(8-19)16-17-18)13-3-2-6-20-13/h2-8H,1H3. The summed E-state index contributed by atoms with van der Waals surface area (Å²) in [5.41, 5.74) is 2.45. The maximum atomic E-state index is 11.1. The van der Waals surface area contributed by atoms with Crippen LogP contribution in [0.3, 0.4) is 0 Å². The number of rotatable bonds is 3. The maximum Gasteiger partial charge on any atom is 0.172 e. The molecule has 0 aliphatic heterocycles. The molecule has 20 heavy (non-hydrogen) atoms. The lowest BCUT2D eigenvalue weighted by Crippen LogP contribution is -2.02. The Morgan fingerprint density at radius 3 is 2.90 bits per heavy atom. The molecule has 0 amide bonds. The summed E-state index contributed by atoms with van der Waals surface area (Å²) in [6.45, 7) is 1.93. The first-order valence-corrected chi connectivity index (χ1v) is 6.30. The van der Waals surface area contributed by atoms with Crippen molar-refractivity contribution in [2.45, 2.75) is 6.92 Å². The van der Waals surface area contributed by atoms with E-state index >= 15 is 0 Å². The van der Waals surface area contributed by atoms with Gasteiger partial charge in [-0.25, -0.2) is 4.68 Å². The zero-order chi connectivity index (χ0) is 14.1. The summed E-state index contributed by atoms with van der Waals surface area (Å²) >= 11 is 6.03. The second kappa shape index (κ2) is 4.94. The van der Waals surface area contributed by atoms with Crippen LogP contribution < -0.4 is 0 Å². The number of aromatic nitrogens is 3. The average molecular weight is 288 g/mol. The number of benzene rings is 1. The third kappa shape index (κ3) is 2.02. The Labute approximate surface area is 119 Å². The summed E-state index contributed by atoms with van der Waals surface area (Å²) in [5.74, 6) is 0.525. The quantitative estimate of drug-likeness (QED) is 0.693. The van der Waals surface area contributed by atoms with Crippen LogP contribution in [0.1, 0.15) is 16.1 Å². The maximum absolute atomic E-state index is 11.1. The molecule has 0 unspecified atom stereocenters. The molecular formula is C14H10ClN3O2. The molecular weight excluding hydrogens is 278 g/mol. The fraction of sp³-hybridized carbons (Fsp3) is 0.0714. The first-order valence-electron chi connectivity index (χ1n) is 5.92. The molecule has 2 aromatic heterocycles. The van der Waals surface area contributed by atoms with Gasteiger partial charge < -0.3 is 4.42 Å². The molecule has 0 N–H and O–H groups in total. The van der Waals surface area contributed by atoms with Gasteiger partial charge in [-0.05, 0) is 36.8 Å². The molecule has 3 rings (SSSR count). The van der Waals surface area contributed by atoms with Crippen LogP contribution in [0, 0.1) is 6.92 Å². The van der Waals surface area contributed by atoms with E-state index in [1.54, 1.807) is 28.9 Å². The second-order valence-corrected chi connectivity index (χ2v) is 4.70. The lowest BCUT2D eigenvalue weighted by Gasteiger charge is -2.08. The largest absolute Gasteiger partial charge is 0.463 e. The van der Waals surface area contributed by atoms with Crippen LogP contribution in [-0.2, 0) is 0 Å². The van der Waals surface area contributed by atoms with E-state index in [0.717, 1.165) is 11.3 Å². The van der Waals surface area contributed by atoms with Crippen molar-refractivity contribution in [2.24, 2.45) is 0 Å². The van der Waals surface area contributed by atoms with Crippen LogP contribution in [-0.4, -0.2) is 21.3 Å². The molecule has 5 nitrogen and oxygen atoms in total. The Morgan fingerprint density at radius 1 is 1.35 bits per heavy atom. The third-order valence-electron chi connectivity index (χ3n) is 2.96. The normalized spacial score (nSPS) is 10.7. The molecule has 1 aromatic carbocycles. The minimum Gasteiger partial charge on any atom is -0.463 e. The van der Waals surface area contributed by atoms with E-state index in [9.17, 15) is 4.79 Å². The first kappa shape index (κ1) is 12.6. The minimum atomic E-state index is 0.222.